The standard InChI is InChI=1S/C10H18O2.C2H4O3/c1-8(2)5-4-6-10(3,11)9-7-12-9;1-2(3)5-4/h5,9,11H,4,6-7H2,1-3H3;4H,1H3. The molecule has 0 spiro atoms. The number of hydrogen-bond acceptors (Lipinski definition) is 5. The Bertz CT molecular complexity index is 262. The highest BCUT2D eigenvalue weighted by Crippen LogP contribution is 2.28. The molecule has 2 unspecified atom stereocenters. The van der Waals surface area contributed by atoms with Crippen LogP contribution in [0.4, 0.5) is 0 Å². The van der Waals surface area contributed by atoms with Gasteiger partial charge in [-0.3, -0.25) is 0 Å². The molecule has 17 heavy (non-hydrogen) atoms. The van der Waals surface area contributed by atoms with Crippen molar-refractivity contribution in [2.45, 2.75) is 52.2 Å². The Kier molecular flexibility index (Phi) is 7.03. The average Bonchev–Trinajstić information content (AvgIpc) is 3.00. The monoisotopic (exact) mass is 246 g/mol. The van der Waals surface area contributed by atoms with Crippen LogP contribution in [0.3, 0.4) is 0 Å². The first kappa shape index (κ1) is 16.1. The van der Waals surface area contributed by atoms with Crippen molar-refractivity contribution in [3.63, 3.8) is 0 Å². The van der Waals surface area contributed by atoms with Crippen molar-refractivity contribution in [2.75, 3.05) is 6.61 Å². The van der Waals surface area contributed by atoms with Gasteiger partial charge in [-0.1, -0.05) is 11.6 Å². The highest BCUT2D eigenvalue weighted by Gasteiger charge is 2.40. The molecular formula is C12H22O5. The van der Waals surface area contributed by atoms with Gasteiger partial charge in [0.1, 0.15) is 6.10 Å². The molecule has 1 fully saturated rings. The predicted octanol–water partition coefficient (Wildman–Crippen LogP) is 1.91. The third kappa shape index (κ3) is 8.85. The van der Waals surface area contributed by atoms with Crippen molar-refractivity contribution in [1.82, 2.24) is 0 Å². The number of carbonyl (C=O) groups is 1. The van der Waals surface area contributed by atoms with Crippen LogP contribution in [0.1, 0.15) is 40.5 Å². The Morgan fingerprint density at radius 1 is 1.53 bits per heavy atom. The lowest BCUT2D eigenvalue weighted by molar-refractivity contribution is -0.231. The van der Waals surface area contributed by atoms with E-state index in [1.807, 2.05) is 6.92 Å². The molecule has 1 heterocycles. The van der Waals surface area contributed by atoms with Gasteiger partial charge in [-0.05, 0) is 33.6 Å². The zero-order chi connectivity index (χ0) is 13.5. The molecule has 5 heteroatoms. The van der Waals surface area contributed by atoms with Crippen molar-refractivity contribution >= 4 is 5.97 Å². The molecule has 0 amide bonds. The molecule has 1 rings (SSSR count). The maximum absolute atomic E-state index is 9.81. The lowest BCUT2D eigenvalue weighted by Gasteiger charge is -2.19. The molecule has 0 aromatic carbocycles. The SMILES string of the molecule is CC(=O)OO.CC(C)=CCCC(C)(O)C1CO1. The average molecular weight is 246 g/mol. The Hall–Kier alpha value is -0.910. The molecule has 1 aliphatic rings. The van der Waals surface area contributed by atoms with Crippen molar-refractivity contribution in [1.29, 1.82) is 0 Å². The zero-order valence-electron chi connectivity index (χ0n) is 10.9. The summed E-state index contributed by atoms with van der Waals surface area (Å²) in [6.07, 6.45) is 3.97. The highest BCUT2D eigenvalue weighted by atomic mass is 17.1. The Labute approximate surface area is 102 Å². The van der Waals surface area contributed by atoms with Crippen LogP contribution < -0.4 is 0 Å². The van der Waals surface area contributed by atoms with Crippen LogP contribution >= 0.6 is 0 Å². The van der Waals surface area contributed by atoms with E-state index in [-0.39, 0.29) is 6.10 Å². The number of aliphatic hydroxyl groups is 1. The van der Waals surface area contributed by atoms with Gasteiger partial charge < -0.3 is 14.7 Å². The molecule has 0 radical (unpaired) electrons. The van der Waals surface area contributed by atoms with Crippen molar-refractivity contribution < 1.29 is 24.8 Å². The number of epoxide rings is 1. The second-order valence-corrected chi connectivity index (χ2v) is 4.58. The van der Waals surface area contributed by atoms with Gasteiger partial charge in [0, 0.05) is 6.92 Å². The summed E-state index contributed by atoms with van der Waals surface area (Å²) >= 11 is 0. The van der Waals surface area contributed by atoms with Gasteiger partial charge in [0.15, 0.2) is 0 Å². The van der Waals surface area contributed by atoms with E-state index >= 15 is 0 Å². The van der Waals surface area contributed by atoms with Crippen LogP contribution in [0.25, 0.3) is 0 Å². The molecule has 0 bridgehead atoms. The van der Waals surface area contributed by atoms with Gasteiger partial charge in [0.2, 0.25) is 0 Å². The fourth-order valence-corrected chi connectivity index (χ4v) is 1.22. The summed E-state index contributed by atoms with van der Waals surface area (Å²) < 4.78 is 5.06. The molecule has 0 aliphatic carbocycles. The Balaban J connectivity index is 0.000000437. The summed E-state index contributed by atoms with van der Waals surface area (Å²) in [7, 11) is 0. The van der Waals surface area contributed by atoms with Crippen LogP contribution in [-0.2, 0) is 14.4 Å². The summed E-state index contributed by atoms with van der Waals surface area (Å²) in [4.78, 5) is 12.5. The van der Waals surface area contributed by atoms with Gasteiger partial charge in [-0.15, -0.1) is 0 Å². The summed E-state index contributed by atoms with van der Waals surface area (Å²) in [6, 6.07) is 0. The smallest absolute Gasteiger partial charge is 0.339 e. The minimum Gasteiger partial charge on any atom is -0.387 e. The second-order valence-electron chi connectivity index (χ2n) is 4.58. The molecule has 2 N–H and O–H groups in total. The summed E-state index contributed by atoms with van der Waals surface area (Å²) in [5.41, 5.74) is 0.689. The summed E-state index contributed by atoms with van der Waals surface area (Å²) in [5.74, 6) is -0.690. The molecule has 0 saturated carbocycles. The van der Waals surface area contributed by atoms with E-state index in [4.69, 9.17) is 9.99 Å². The number of rotatable bonds is 4. The molecular weight excluding hydrogens is 224 g/mol. The molecule has 100 valence electrons. The normalized spacial score (nSPS) is 20.5. The first-order valence-corrected chi connectivity index (χ1v) is 5.59. The first-order valence-electron chi connectivity index (χ1n) is 5.59. The minimum absolute atomic E-state index is 0.0862. The van der Waals surface area contributed by atoms with Gasteiger partial charge in [-0.25, -0.2) is 4.79 Å². The highest BCUT2D eigenvalue weighted by molar-refractivity contribution is 5.64. The van der Waals surface area contributed by atoms with Crippen molar-refractivity contribution in [3.8, 4) is 0 Å². The minimum atomic E-state index is -0.690. The Morgan fingerprint density at radius 3 is 2.29 bits per heavy atom. The van der Waals surface area contributed by atoms with E-state index in [1.165, 1.54) is 5.57 Å². The molecule has 5 nitrogen and oxygen atoms in total. The van der Waals surface area contributed by atoms with Crippen LogP contribution in [0, 0.1) is 0 Å². The zero-order valence-corrected chi connectivity index (χ0v) is 10.9. The van der Waals surface area contributed by atoms with E-state index < -0.39 is 11.6 Å². The van der Waals surface area contributed by atoms with Gasteiger partial charge in [-0.2, -0.15) is 5.26 Å². The topological polar surface area (TPSA) is 79.3 Å². The van der Waals surface area contributed by atoms with Crippen LogP contribution in [0.5, 0.6) is 0 Å². The molecule has 0 aromatic heterocycles. The lowest BCUT2D eigenvalue weighted by atomic mass is 9.96. The molecule has 2 atom stereocenters. The predicted molar refractivity (Wildman–Crippen MR) is 63.4 cm³/mol. The number of hydrogen-bond donors (Lipinski definition) is 2. The third-order valence-corrected chi connectivity index (χ3v) is 2.36. The van der Waals surface area contributed by atoms with Crippen LogP contribution in [-0.4, -0.2) is 34.6 Å². The van der Waals surface area contributed by atoms with Crippen LogP contribution in [0.15, 0.2) is 11.6 Å². The van der Waals surface area contributed by atoms with E-state index in [9.17, 15) is 9.90 Å². The summed E-state index contributed by atoms with van der Waals surface area (Å²) in [6.45, 7) is 7.83. The van der Waals surface area contributed by atoms with Gasteiger partial charge >= 0.3 is 5.97 Å². The Morgan fingerprint density at radius 2 is 2.00 bits per heavy atom. The first-order chi connectivity index (χ1) is 7.79. The maximum Gasteiger partial charge on any atom is 0.339 e. The second kappa shape index (κ2) is 7.42. The largest absolute Gasteiger partial charge is 0.387 e. The number of carbonyl (C=O) groups excluding carboxylic acids is 1. The van der Waals surface area contributed by atoms with E-state index in [1.54, 1.807) is 0 Å². The lowest BCUT2D eigenvalue weighted by Crippen LogP contribution is -2.30. The van der Waals surface area contributed by atoms with E-state index in [0.717, 1.165) is 26.4 Å². The van der Waals surface area contributed by atoms with E-state index in [2.05, 4.69) is 24.8 Å². The number of allylic oxidation sites excluding steroid dienone is 2. The molecule has 1 saturated heterocycles. The maximum atomic E-state index is 9.81. The fourth-order valence-electron chi connectivity index (χ4n) is 1.22. The molecule has 1 aliphatic heterocycles. The van der Waals surface area contributed by atoms with E-state index in [0.29, 0.717) is 0 Å². The van der Waals surface area contributed by atoms with Crippen molar-refractivity contribution in [3.05, 3.63) is 11.6 Å². The number of ether oxygens (including phenoxy) is 1. The third-order valence-electron chi connectivity index (χ3n) is 2.36. The van der Waals surface area contributed by atoms with Crippen molar-refractivity contribution in [2.24, 2.45) is 0 Å². The summed E-state index contributed by atoms with van der Waals surface area (Å²) in [5, 5.41) is 17.1. The van der Waals surface area contributed by atoms with Gasteiger partial charge in [0.25, 0.3) is 0 Å². The quantitative estimate of drug-likeness (QED) is 0.343. The van der Waals surface area contributed by atoms with Gasteiger partial charge in [0.05, 0.1) is 12.2 Å². The molecule has 0 aromatic rings. The fraction of sp³-hybridized carbons (Fsp3) is 0.750. The van der Waals surface area contributed by atoms with Crippen LogP contribution in [0.2, 0.25) is 0 Å².